The van der Waals surface area contributed by atoms with E-state index in [1.54, 1.807) is 0 Å². The van der Waals surface area contributed by atoms with E-state index < -0.39 is 5.92 Å². The van der Waals surface area contributed by atoms with Crippen LogP contribution in [0.25, 0.3) is 0 Å². The van der Waals surface area contributed by atoms with Crippen LogP contribution in [-0.2, 0) is 16.2 Å². The Labute approximate surface area is 240 Å². The fourth-order valence-corrected chi connectivity index (χ4v) is 6.91. The van der Waals surface area contributed by atoms with Gasteiger partial charge in [-0.3, -0.25) is 9.59 Å². The summed E-state index contributed by atoms with van der Waals surface area (Å²) in [5.74, 6) is 1.01. The first-order valence-corrected chi connectivity index (χ1v) is 14.6. The van der Waals surface area contributed by atoms with Crippen LogP contribution in [0.1, 0.15) is 82.9 Å². The van der Waals surface area contributed by atoms with E-state index in [0.29, 0.717) is 37.6 Å². The Balaban J connectivity index is 1.61. The van der Waals surface area contributed by atoms with Crippen molar-refractivity contribution >= 4 is 27.5 Å². The molecule has 6 heteroatoms. The van der Waals surface area contributed by atoms with Crippen LogP contribution in [0.4, 0.5) is 0 Å². The van der Waals surface area contributed by atoms with Crippen molar-refractivity contribution in [2.75, 3.05) is 6.61 Å². The molecule has 1 aliphatic heterocycles. The summed E-state index contributed by atoms with van der Waals surface area (Å²) in [6, 6.07) is 12.2. The first-order valence-electron chi connectivity index (χ1n) is 13.8. The topological polar surface area (TPSA) is 64.6 Å². The number of rotatable bonds is 6. The lowest BCUT2D eigenvalue weighted by atomic mass is 9.64. The minimum absolute atomic E-state index is 0.108. The smallest absolute Gasteiger partial charge is 0.175 e. The molecule has 5 rings (SSSR count). The van der Waals surface area contributed by atoms with Gasteiger partial charge in [0.15, 0.2) is 23.1 Å². The second-order valence-electron chi connectivity index (χ2n) is 12.8. The summed E-state index contributed by atoms with van der Waals surface area (Å²) in [5.41, 5.74) is 6.22. The van der Waals surface area contributed by atoms with E-state index in [4.69, 9.17) is 9.47 Å². The zero-order valence-corrected chi connectivity index (χ0v) is 25.4. The van der Waals surface area contributed by atoms with Crippen LogP contribution in [0.15, 0.2) is 63.4 Å². The molecule has 206 valence electrons. The highest BCUT2D eigenvalue weighted by atomic mass is 79.9. The molecule has 0 unspecified atom stereocenters. The lowest BCUT2D eigenvalue weighted by Crippen LogP contribution is -2.42. The van der Waals surface area contributed by atoms with Crippen LogP contribution in [0.5, 0.6) is 11.5 Å². The number of ether oxygens (including phenoxy) is 2. The summed E-state index contributed by atoms with van der Waals surface area (Å²) < 4.78 is 13.1. The van der Waals surface area contributed by atoms with Crippen molar-refractivity contribution in [3.8, 4) is 11.5 Å². The van der Waals surface area contributed by atoms with E-state index in [9.17, 15) is 9.59 Å². The van der Waals surface area contributed by atoms with Gasteiger partial charge in [0.1, 0.15) is 6.61 Å². The molecule has 0 saturated carbocycles. The molecule has 0 fully saturated rings. The zero-order chi connectivity index (χ0) is 28.1. The van der Waals surface area contributed by atoms with Crippen molar-refractivity contribution in [3.05, 3.63) is 80.1 Å². The number of nitrogens with one attached hydrogen (secondary N) is 1. The summed E-state index contributed by atoms with van der Waals surface area (Å²) >= 11 is 3.74. The standard InChI is InChI=1S/C33H38BrNO4/c1-7-38-27-13-21(12-22(34)31(27)39-18-20-10-8-9-19(2)11-20)28-29-23(14-32(3,4)16-25(29)36)35-24-15-33(5,6)17-26(37)30(24)28/h8-13,28,35H,7,14-18H2,1-6H3. The maximum absolute atomic E-state index is 13.7. The molecule has 0 amide bonds. The van der Waals surface area contributed by atoms with Gasteiger partial charge in [0.2, 0.25) is 0 Å². The number of allylic oxidation sites excluding steroid dienone is 4. The number of Topliss-reactive ketones (excluding diaryl/α,β-unsaturated/α-hetero) is 2. The van der Waals surface area contributed by atoms with Gasteiger partial charge in [-0.15, -0.1) is 0 Å². The predicted octanol–water partition coefficient (Wildman–Crippen LogP) is 7.71. The van der Waals surface area contributed by atoms with Gasteiger partial charge in [0.25, 0.3) is 0 Å². The summed E-state index contributed by atoms with van der Waals surface area (Å²) in [4.78, 5) is 27.4. The second-order valence-corrected chi connectivity index (χ2v) is 13.6. The van der Waals surface area contributed by atoms with Gasteiger partial charge in [-0.1, -0.05) is 57.5 Å². The van der Waals surface area contributed by atoms with Gasteiger partial charge in [0, 0.05) is 41.3 Å². The number of hydrogen-bond acceptors (Lipinski definition) is 5. The van der Waals surface area contributed by atoms with E-state index >= 15 is 0 Å². The largest absolute Gasteiger partial charge is 0.490 e. The Kier molecular flexibility index (Phi) is 7.30. The quantitative estimate of drug-likeness (QED) is 0.372. The van der Waals surface area contributed by atoms with Crippen molar-refractivity contribution in [2.45, 2.75) is 79.8 Å². The third-order valence-electron chi connectivity index (χ3n) is 7.85. The average Bonchev–Trinajstić information content (AvgIpc) is 2.80. The molecule has 5 nitrogen and oxygen atoms in total. The van der Waals surface area contributed by atoms with E-state index in [1.807, 2.05) is 31.2 Å². The van der Waals surface area contributed by atoms with E-state index in [2.05, 4.69) is 68.0 Å². The summed E-state index contributed by atoms with van der Waals surface area (Å²) in [7, 11) is 0. The normalized spacial score (nSPS) is 20.4. The Morgan fingerprint density at radius 2 is 1.51 bits per heavy atom. The van der Waals surface area contributed by atoms with Crippen LogP contribution in [0, 0.1) is 17.8 Å². The third-order valence-corrected chi connectivity index (χ3v) is 8.44. The number of benzene rings is 2. The molecule has 39 heavy (non-hydrogen) atoms. The molecule has 0 spiro atoms. The minimum atomic E-state index is -0.426. The van der Waals surface area contributed by atoms with Crippen LogP contribution < -0.4 is 14.8 Å². The highest BCUT2D eigenvalue weighted by Gasteiger charge is 2.46. The summed E-state index contributed by atoms with van der Waals surface area (Å²) in [6.07, 6.45) is 2.47. The molecule has 0 aromatic heterocycles. The zero-order valence-electron chi connectivity index (χ0n) is 23.8. The summed E-state index contributed by atoms with van der Waals surface area (Å²) in [6.45, 7) is 13.4. The van der Waals surface area contributed by atoms with Crippen molar-refractivity contribution in [2.24, 2.45) is 10.8 Å². The molecule has 1 heterocycles. The van der Waals surface area contributed by atoms with Crippen molar-refractivity contribution in [1.29, 1.82) is 0 Å². The first kappa shape index (κ1) is 27.7. The van der Waals surface area contributed by atoms with E-state index in [1.165, 1.54) is 5.56 Å². The molecule has 0 radical (unpaired) electrons. The number of ketones is 2. The van der Waals surface area contributed by atoms with Crippen molar-refractivity contribution in [3.63, 3.8) is 0 Å². The SMILES string of the molecule is CCOc1cc(C2C3=C(CC(C)(C)CC3=O)NC3=C2C(=O)CC(C)(C)C3)cc(Br)c1OCc1cccc(C)c1. The number of aryl methyl sites for hydroxylation is 1. The monoisotopic (exact) mass is 591 g/mol. The van der Waals surface area contributed by atoms with Crippen molar-refractivity contribution < 1.29 is 19.1 Å². The number of halogens is 1. The molecule has 0 atom stereocenters. The number of dihydropyridines is 1. The van der Waals surface area contributed by atoms with Crippen molar-refractivity contribution in [1.82, 2.24) is 5.32 Å². The van der Waals surface area contributed by atoms with Crippen LogP contribution in [0.3, 0.4) is 0 Å². The highest BCUT2D eigenvalue weighted by molar-refractivity contribution is 9.10. The fraction of sp³-hybridized carbons (Fsp3) is 0.455. The molecule has 3 aliphatic rings. The van der Waals surface area contributed by atoms with E-state index in [0.717, 1.165) is 51.0 Å². The molecular formula is C33H38BrNO4. The van der Waals surface area contributed by atoms with E-state index in [-0.39, 0.29) is 22.4 Å². The molecule has 2 aromatic rings. The van der Waals surface area contributed by atoms with Gasteiger partial charge in [-0.2, -0.15) is 0 Å². The van der Waals surface area contributed by atoms with Gasteiger partial charge < -0.3 is 14.8 Å². The molecule has 2 aromatic carbocycles. The van der Waals surface area contributed by atoms with Gasteiger partial charge in [-0.25, -0.2) is 0 Å². The Morgan fingerprint density at radius 3 is 2.08 bits per heavy atom. The number of hydrogen-bond donors (Lipinski definition) is 1. The predicted molar refractivity (Wildman–Crippen MR) is 157 cm³/mol. The third kappa shape index (κ3) is 5.58. The minimum Gasteiger partial charge on any atom is -0.490 e. The molecule has 0 bridgehead atoms. The Bertz CT molecular complexity index is 1360. The molecule has 1 N–H and O–H groups in total. The maximum atomic E-state index is 13.7. The van der Waals surface area contributed by atoms with Gasteiger partial charge in [0.05, 0.1) is 11.1 Å². The highest BCUT2D eigenvalue weighted by Crippen LogP contribution is 2.52. The molecule has 0 saturated heterocycles. The molecular weight excluding hydrogens is 554 g/mol. The summed E-state index contributed by atoms with van der Waals surface area (Å²) in [5, 5.41) is 3.59. The van der Waals surface area contributed by atoms with Gasteiger partial charge >= 0.3 is 0 Å². The second kappa shape index (κ2) is 10.3. The van der Waals surface area contributed by atoms with Crippen LogP contribution in [0.2, 0.25) is 0 Å². The fourth-order valence-electron chi connectivity index (χ4n) is 6.34. The maximum Gasteiger partial charge on any atom is 0.175 e. The number of carbonyl (C=O) groups excluding carboxylic acids is 2. The van der Waals surface area contributed by atoms with Crippen LogP contribution in [-0.4, -0.2) is 18.2 Å². The van der Waals surface area contributed by atoms with Crippen LogP contribution >= 0.6 is 15.9 Å². The van der Waals surface area contributed by atoms with Gasteiger partial charge in [-0.05, 0) is 76.7 Å². The average molecular weight is 593 g/mol. The lowest BCUT2D eigenvalue weighted by Gasteiger charge is -2.44. The number of carbonyl (C=O) groups is 2. The lowest BCUT2D eigenvalue weighted by molar-refractivity contribution is -0.119. The Hall–Kier alpha value is -2.86. The Morgan fingerprint density at radius 1 is 0.897 bits per heavy atom. The molecule has 2 aliphatic carbocycles. The first-order chi connectivity index (χ1) is 18.4.